The van der Waals surface area contributed by atoms with Gasteiger partial charge in [0.25, 0.3) is 0 Å². The van der Waals surface area contributed by atoms with E-state index in [9.17, 15) is 13.2 Å². The Morgan fingerprint density at radius 2 is 1.78 bits per heavy atom. The highest BCUT2D eigenvalue weighted by Crippen LogP contribution is 2.37. The Labute approximate surface area is 102 Å². The third-order valence-corrected chi connectivity index (χ3v) is 2.56. The Hall–Kier alpha value is -2.22. The molecule has 1 aromatic carbocycles. The van der Waals surface area contributed by atoms with Gasteiger partial charge in [-0.05, 0) is 30.7 Å². The summed E-state index contributed by atoms with van der Waals surface area (Å²) in [5, 5.41) is 8.65. The third kappa shape index (κ3) is 2.23. The highest BCUT2D eigenvalue weighted by molar-refractivity contribution is 5.68. The van der Waals surface area contributed by atoms with E-state index in [4.69, 9.17) is 5.26 Å². The van der Waals surface area contributed by atoms with Gasteiger partial charge in [-0.1, -0.05) is 12.1 Å². The van der Waals surface area contributed by atoms with Crippen molar-refractivity contribution in [2.75, 3.05) is 0 Å². The normalized spacial score (nSPS) is 11.3. The molecule has 0 aliphatic carbocycles. The molecule has 2 aromatic rings. The molecule has 0 unspecified atom stereocenters. The van der Waals surface area contributed by atoms with E-state index >= 15 is 0 Å². The minimum Gasteiger partial charge on any atom is -0.355 e. The van der Waals surface area contributed by atoms with Gasteiger partial charge < -0.3 is 4.98 Å². The molecule has 2 rings (SSSR count). The number of rotatable bonds is 1. The summed E-state index contributed by atoms with van der Waals surface area (Å²) in [6, 6.07) is 9.39. The topological polar surface area (TPSA) is 39.6 Å². The average Bonchev–Trinajstić information content (AvgIpc) is 2.71. The zero-order valence-corrected chi connectivity index (χ0v) is 9.47. The fourth-order valence-electron chi connectivity index (χ4n) is 1.76. The van der Waals surface area contributed by atoms with E-state index < -0.39 is 11.9 Å². The monoisotopic (exact) mass is 250 g/mol. The van der Waals surface area contributed by atoms with Crippen molar-refractivity contribution in [3.8, 4) is 17.2 Å². The van der Waals surface area contributed by atoms with E-state index in [-0.39, 0.29) is 5.56 Å². The maximum absolute atomic E-state index is 12.8. The molecule has 0 spiro atoms. The SMILES string of the molecule is Cc1cc(-c2ccc(C#N)cc2)c(C(F)(F)F)[nH]1. The van der Waals surface area contributed by atoms with Crippen LogP contribution in [0.3, 0.4) is 0 Å². The van der Waals surface area contributed by atoms with Crippen LogP contribution in [0.15, 0.2) is 30.3 Å². The molecule has 92 valence electrons. The first-order valence-electron chi connectivity index (χ1n) is 5.19. The molecule has 0 fully saturated rings. The molecule has 18 heavy (non-hydrogen) atoms. The number of aryl methyl sites for hydroxylation is 1. The molecule has 0 saturated carbocycles. The third-order valence-electron chi connectivity index (χ3n) is 2.56. The predicted octanol–water partition coefficient (Wildman–Crippen LogP) is 3.88. The molecular weight excluding hydrogens is 241 g/mol. The lowest BCUT2D eigenvalue weighted by molar-refractivity contribution is -0.140. The Kier molecular flexibility index (Phi) is 2.87. The standard InChI is InChI=1S/C13H9F3N2/c1-8-6-11(12(18-8)13(14,15)16)10-4-2-9(7-17)3-5-10/h2-6,18H,1H3. The van der Waals surface area contributed by atoms with E-state index in [1.54, 1.807) is 6.92 Å². The number of nitrogens with one attached hydrogen (secondary N) is 1. The van der Waals surface area contributed by atoms with Gasteiger partial charge in [-0.3, -0.25) is 0 Å². The number of aromatic amines is 1. The molecule has 1 N–H and O–H groups in total. The summed E-state index contributed by atoms with van der Waals surface area (Å²) < 4.78 is 38.4. The number of hydrogen-bond acceptors (Lipinski definition) is 1. The first-order chi connectivity index (χ1) is 8.41. The number of benzene rings is 1. The zero-order chi connectivity index (χ0) is 13.3. The van der Waals surface area contributed by atoms with Gasteiger partial charge in [-0.15, -0.1) is 0 Å². The summed E-state index contributed by atoms with van der Waals surface area (Å²) in [6.45, 7) is 1.57. The maximum Gasteiger partial charge on any atom is 0.431 e. The van der Waals surface area contributed by atoms with Gasteiger partial charge in [0.1, 0.15) is 5.69 Å². The fraction of sp³-hybridized carbons (Fsp3) is 0.154. The quantitative estimate of drug-likeness (QED) is 0.819. The van der Waals surface area contributed by atoms with Crippen LogP contribution in [0.2, 0.25) is 0 Å². The summed E-state index contributed by atoms with van der Waals surface area (Å²) in [5.41, 5.74) is 0.640. The van der Waals surface area contributed by atoms with Crippen molar-refractivity contribution in [2.24, 2.45) is 0 Å². The minimum absolute atomic E-state index is 0.101. The molecule has 0 radical (unpaired) electrons. The zero-order valence-electron chi connectivity index (χ0n) is 9.47. The second kappa shape index (κ2) is 4.22. The lowest BCUT2D eigenvalue weighted by atomic mass is 10.0. The molecule has 1 heterocycles. The van der Waals surface area contributed by atoms with Crippen molar-refractivity contribution in [1.29, 1.82) is 5.26 Å². The number of aromatic nitrogens is 1. The van der Waals surface area contributed by atoms with Gasteiger partial charge in [-0.2, -0.15) is 18.4 Å². The summed E-state index contributed by atoms with van der Waals surface area (Å²) in [6.07, 6.45) is -4.42. The van der Waals surface area contributed by atoms with Crippen molar-refractivity contribution in [1.82, 2.24) is 4.98 Å². The van der Waals surface area contributed by atoms with Crippen LogP contribution in [0.25, 0.3) is 11.1 Å². The highest BCUT2D eigenvalue weighted by atomic mass is 19.4. The Balaban J connectivity index is 2.53. The van der Waals surface area contributed by atoms with Crippen LogP contribution in [-0.2, 0) is 6.18 Å². The number of alkyl halides is 3. The van der Waals surface area contributed by atoms with Crippen LogP contribution in [0.1, 0.15) is 17.0 Å². The fourth-order valence-corrected chi connectivity index (χ4v) is 1.76. The Morgan fingerprint density at radius 3 is 2.28 bits per heavy atom. The summed E-state index contributed by atoms with van der Waals surface area (Å²) >= 11 is 0. The van der Waals surface area contributed by atoms with Crippen molar-refractivity contribution in [2.45, 2.75) is 13.1 Å². The van der Waals surface area contributed by atoms with Crippen molar-refractivity contribution in [3.05, 3.63) is 47.3 Å². The van der Waals surface area contributed by atoms with Crippen LogP contribution in [-0.4, -0.2) is 4.98 Å². The van der Waals surface area contributed by atoms with Crippen LogP contribution < -0.4 is 0 Å². The van der Waals surface area contributed by atoms with Crippen molar-refractivity contribution in [3.63, 3.8) is 0 Å². The smallest absolute Gasteiger partial charge is 0.355 e. The Morgan fingerprint density at radius 1 is 1.17 bits per heavy atom. The second-order valence-electron chi connectivity index (χ2n) is 3.93. The number of halogens is 3. The van der Waals surface area contributed by atoms with Gasteiger partial charge in [0.2, 0.25) is 0 Å². The molecular formula is C13H9F3N2. The van der Waals surface area contributed by atoms with Gasteiger partial charge in [0, 0.05) is 11.3 Å². The number of hydrogen-bond donors (Lipinski definition) is 1. The van der Waals surface area contributed by atoms with Gasteiger partial charge in [0.15, 0.2) is 0 Å². The molecule has 0 aliphatic heterocycles. The molecule has 0 bridgehead atoms. The van der Waals surface area contributed by atoms with Gasteiger partial charge in [0.05, 0.1) is 11.6 Å². The van der Waals surface area contributed by atoms with E-state index in [0.29, 0.717) is 16.8 Å². The number of nitrogens with zero attached hydrogens (tertiary/aromatic N) is 1. The first-order valence-corrected chi connectivity index (χ1v) is 5.19. The van der Waals surface area contributed by atoms with Gasteiger partial charge >= 0.3 is 6.18 Å². The molecule has 0 aliphatic rings. The largest absolute Gasteiger partial charge is 0.431 e. The lowest BCUT2D eigenvalue weighted by Crippen LogP contribution is -2.07. The van der Waals surface area contributed by atoms with Crippen LogP contribution in [0.4, 0.5) is 13.2 Å². The summed E-state index contributed by atoms with van der Waals surface area (Å²) in [4.78, 5) is 2.32. The predicted molar refractivity (Wildman–Crippen MR) is 60.7 cm³/mol. The second-order valence-corrected chi connectivity index (χ2v) is 3.93. The van der Waals surface area contributed by atoms with Crippen LogP contribution in [0.5, 0.6) is 0 Å². The highest BCUT2D eigenvalue weighted by Gasteiger charge is 2.35. The number of nitriles is 1. The molecule has 1 aromatic heterocycles. The summed E-state index contributed by atoms with van der Waals surface area (Å²) in [5.74, 6) is 0. The Bertz CT molecular complexity index is 601. The van der Waals surface area contributed by atoms with E-state index in [1.165, 1.54) is 30.3 Å². The van der Waals surface area contributed by atoms with E-state index in [2.05, 4.69) is 4.98 Å². The lowest BCUT2D eigenvalue weighted by Gasteiger charge is -2.08. The molecule has 0 amide bonds. The van der Waals surface area contributed by atoms with Crippen LogP contribution in [0, 0.1) is 18.3 Å². The maximum atomic E-state index is 12.8. The minimum atomic E-state index is -4.42. The first kappa shape index (κ1) is 12.2. The molecule has 0 saturated heterocycles. The van der Waals surface area contributed by atoms with Crippen molar-refractivity contribution < 1.29 is 13.2 Å². The molecule has 2 nitrogen and oxygen atoms in total. The molecule has 5 heteroatoms. The number of H-pyrrole nitrogens is 1. The van der Waals surface area contributed by atoms with Crippen LogP contribution >= 0.6 is 0 Å². The van der Waals surface area contributed by atoms with Gasteiger partial charge in [-0.25, -0.2) is 0 Å². The summed E-state index contributed by atoms with van der Waals surface area (Å²) in [7, 11) is 0. The van der Waals surface area contributed by atoms with E-state index in [1.807, 2.05) is 6.07 Å². The molecule has 0 atom stereocenters. The van der Waals surface area contributed by atoms with Crippen molar-refractivity contribution >= 4 is 0 Å². The van der Waals surface area contributed by atoms with E-state index in [0.717, 1.165) is 0 Å². The average molecular weight is 250 g/mol.